The molecule has 0 bridgehead atoms. The normalized spacial score (nSPS) is 11.2. The molecule has 1 heterocycles. The molecule has 0 N–H and O–H groups in total. The number of unbranched alkanes of at least 4 members (excludes halogenated alkanes) is 2. The fourth-order valence-corrected chi connectivity index (χ4v) is 3.91. The minimum Gasteiger partial charge on any atom is -0.493 e. The summed E-state index contributed by atoms with van der Waals surface area (Å²) >= 11 is 3.46. The van der Waals surface area contributed by atoms with Crippen LogP contribution in [0.25, 0.3) is 24.3 Å². The number of aromatic nitrogens is 2. The monoisotopic (exact) mass is 568 g/mol. The lowest BCUT2D eigenvalue weighted by molar-refractivity contribution is 0.282. The summed E-state index contributed by atoms with van der Waals surface area (Å²) in [4.78, 5) is 9.18. The highest BCUT2D eigenvalue weighted by molar-refractivity contribution is 9.09. The third kappa shape index (κ3) is 8.53. The van der Waals surface area contributed by atoms with Gasteiger partial charge in [-0.1, -0.05) is 40.2 Å². The summed E-state index contributed by atoms with van der Waals surface area (Å²) in [7, 11) is 6.47. The Bertz CT molecular complexity index is 1130. The molecular formula is C29H33BrN2O5. The first kappa shape index (κ1) is 28.1. The molecule has 0 amide bonds. The summed E-state index contributed by atoms with van der Waals surface area (Å²) in [6, 6.07) is 13.7. The molecule has 0 aliphatic heterocycles. The van der Waals surface area contributed by atoms with Crippen molar-refractivity contribution in [1.29, 1.82) is 0 Å². The van der Waals surface area contributed by atoms with Gasteiger partial charge in [0.1, 0.15) is 0 Å². The van der Waals surface area contributed by atoms with E-state index in [4.69, 9.17) is 23.7 Å². The standard InChI is InChI=1S/C29H33BrN2O5/c1-33-25-14-10-21(18-27(25)35-3)8-12-23-20-24(32-29(31-23)37-17-7-5-6-16-30)13-9-22-11-15-26(34-2)28(19-22)36-4/h8-15,18-20H,5-7,16-17H2,1-4H3. The lowest BCUT2D eigenvalue weighted by atomic mass is 10.1. The third-order valence-electron chi connectivity index (χ3n) is 5.46. The highest BCUT2D eigenvalue weighted by atomic mass is 79.9. The Morgan fingerprint density at radius 3 is 1.59 bits per heavy atom. The SMILES string of the molecule is COc1ccc(C=Cc2cc(C=Cc3ccc(OC)c(OC)c3)nc(OCCCCCBr)n2)cc1OC. The molecule has 3 aromatic rings. The van der Waals surface area contributed by atoms with Crippen LogP contribution in [0.5, 0.6) is 29.0 Å². The molecule has 8 heteroatoms. The van der Waals surface area contributed by atoms with E-state index in [1.165, 1.54) is 0 Å². The minimum atomic E-state index is 0.347. The number of rotatable bonds is 14. The molecule has 196 valence electrons. The number of nitrogens with zero attached hydrogens (tertiary/aromatic N) is 2. The van der Waals surface area contributed by atoms with Crippen molar-refractivity contribution in [3.05, 3.63) is 65.0 Å². The van der Waals surface area contributed by atoms with Crippen LogP contribution in [0.4, 0.5) is 0 Å². The number of halogens is 1. The van der Waals surface area contributed by atoms with E-state index in [9.17, 15) is 0 Å². The van der Waals surface area contributed by atoms with Crippen LogP contribution in [0, 0.1) is 0 Å². The van der Waals surface area contributed by atoms with E-state index in [0.29, 0.717) is 35.6 Å². The predicted molar refractivity (Wildman–Crippen MR) is 152 cm³/mol. The Labute approximate surface area is 227 Å². The van der Waals surface area contributed by atoms with Crippen LogP contribution in [0.1, 0.15) is 41.8 Å². The maximum absolute atomic E-state index is 5.89. The number of methoxy groups -OCH3 is 4. The molecule has 0 aliphatic carbocycles. The second-order valence-corrected chi connectivity index (χ2v) is 8.79. The zero-order chi connectivity index (χ0) is 26.5. The number of hydrogen-bond acceptors (Lipinski definition) is 7. The smallest absolute Gasteiger partial charge is 0.317 e. The number of hydrogen-bond donors (Lipinski definition) is 0. The van der Waals surface area contributed by atoms with Crippen molar-refractivity contribution < 1.29 is 23.7 Å². The molecule has 37 heavy (non-hydrogen) atoms. The zero-order valence-electron chi connectivity index (χ0n) is 21.7. The van der Waals surface area contributed by atoms with Crippen LogP contribution in [-0.2, 0) is 0 Å². The maximum atomic E-state index is 5.89. The molecule has 7 nitrogen and oxygen atoms in total. The molecule has 0 atom stereocenters. The molecule has 0 unspecified atom stereocenters. The van der Waals surface area contributed by atoms with Crippen LogP contribution in [0.2, 0.25) is 0 Å². The largest absolute Gasteiger partial charge is 0.493 e. The van der Waals surface area contributed by atoms with Gasteiger partial charge < -0.3 is 23.7 Å². The van der Waals surface area contributed by atoms with Crippen LogP contribution < -0.4 is 23.7 Å². The van der Waals surface area contributed by atoms with Crippen LogP contribution in [0.3, 0.4) is 0 Å². The van der Waals surface area contributed by atoms with E-state index in [2.05, 4.69) is 25.9 Å². The van der Waals surface area contributed by atoms with Gasteiger partial charge in [0.25, 0.3) is 0 Å². The van der Waals surface area contributed by atoms with Gasteiger partial charge in [-0.15, -0.1) is 0 Å². The molecule has 0 aliphatic rings. The molecule has 1 aromatic heterocycles. The lowest BCUT2D eigenvalue weighted by Crippen LogP contribution is -2.03. The third-order valence-corrected chi connectivity index (χ3v) is 6.02. The molecule has 0 spiro atoms. The van der Waals surface area contributed by atoms with Crippen LogP contribution >= 0.6 is 15.9 Å². The number of ether oxygens (including phenoxy) is 5. The highest BCUT2D eigenvalue weighted by Gasteiger charge is 2.06. The van der Waals surface area contributed by atoms with E-state index < -0.39 is 0 Å². The Balaban J connectivity index is 1.86. The van der Waals surface area contributed by atoms with E-state index in [0.717, 1.165) is 47.1 Å². The first-order chi connectivity index (χ1) is 18.1. The van der Waals surface area contributed by atoms with Crippen molar-refractivity contribution in [3.63, 3.8) is 0 Å². The summed E-state index contributed by atoms with van der Waals surface area (Å²) in [6.07, 6.45) is 10.9. The van der Waals surface area contributed by atoms with Crippen molar-refractivity contribution in [2.24, 2.45) is 0 Å². The second kappa shape index (κ2) is 14.9. The van der Waals surface area contributed by atoms with Crippen molar-refractivity contribution in [2.45, 2.75) is 19.3 Å². The Morgan fingerprint density at radius 1 is 0.622 bits per heavy atom. The zero-order valence-corrected chi connectivity index (χ0v) is 23.3. The summed E-state index contributed by atoms with van der Waals surface area (Å²) in [5.41, 5.74) is 3.37. The summed E-state index contributed by atoms with van der Waals surface area (Å²) < 4.78 is 27.4. The van der Waals surface area contributed by atoms with Gasteiger partial charge in [-0.25, -0.2) is 0 Å². The molecule has 3 rings (SSSR count). The molecular weight excluding hydrogens is 536 g/mol. The van der Waals surface area contributed by atoms with Gasteiger partial charge in [-0.2, -0.15) is 9.97 Å². The van der Waals surface area contributed by atoms with Crippen molar-refractivity contribution in [3.8, 4) is 29.0 Å². The van der Waals surface area contributed by atoms with Gasteiger partial charge in [-0.05, 0) is 72.9 Å². The van der Waals surface area contributed by atoms with E-state index in [-0.39, 0.29) is 0 Å². The summed E-state index contributed by atoms with van der Waals surface area (Å²) in [5.74, 6) is 2.69. The Morgan fingerprint density at radius 2 is 1.14 bits per heavy atom. The second-order valence-electron chi connectivity index (χ2n) is 7.99. The number of alkyl halides is 1. The van der Waals surface area contributed by atoms with Gasteiger partial charge >= 0.3 is 6.01 Å². The molecule has 0 radical (unpaired) electrons. The van der Waals surface area contributed by atoms with Crippen molar-refractivity contribution in [2.75, 3.05) is 40.4 Å². The molecule has 2 aromatic carbocycles. The first-order valence-electron chi connectivity index (χ1n) is 12.0. The van der Waals surface area contributed by atoms with Gasteiger partial charge in [0, 0.05) is 5.33 Å². The van der Waals surface area contributed by atoms with Gasteiger partial charge in [0.05, 0.1) is 46.4 Å². The van der Waals surface area contributed by atoms with Crippen LogP contribution in [0.15, 0.2) is 42.5 Å². The Kier molecular flexibility index (Phi) is 11.3. The minimum absolute atomic E-state index is 0.347. The molecule has 0 saturated carbocycles. The van der Waals surface area contributed by atoms with Gasteiger partial charge in [0.15, 0.2) is 23.0 Å². The van der Waals surface area contributed by atoms with E-state index >= 15 is 0 Å². The Hall–Kier alpha value is -3.52. The van der Waals surface area contributed by atoms with Gasteiger partial charge in [0.2, 0.25) is 0 Å². The maximum Gasteiger partial charge on any atom is 0.317 e. The summed E-state index contributed by atoms with van der Waals surface area (Å²) in [5, 5.41) is 0.991. The highest BCUT2D eigenvalue weighted by Crippen LogP contribution is 2.29. The fourth-order valence-electron chi connectivity index (χ4n) is 3.51. The quantitative estimate of drug-likeness (QED) is 0.156. The van der Waals surface area contributed by atoms with Crippen molar-refractivity contribution >= 4 is 40.2 Å². The topological polar surface area (TPSA) is 71.9 Å². The van der Waals surface area contributed by atoms with Crippen molar-refractivity contribution in [1.82, 2.24) is 9.97 Å². The molecule has 0 saturated heterocycles. The lowest BCUT2D eigenvalue weighted by Gasteiger charge is -2.08. The van der Waals surface area contributed by atoms with Gasteiger partial charge in [-0.3, -0.25) is 0 Å². The first-order valence-corrected chi connectivity index (χ1v) is 13.1. The predicted octanol–water partition coefficient (Wildman–Crippen LogP) is 6.80. The number of benzene rings is 2. The summed E-state index contributed by atoms with van der Waals surface area (Å²) in [6.45, 7) is 0.564. The van der Waals surface area contributed by atoms with Crippen LogP contribution in [-0.4, -0.2) is 50.3 Å². The average Bonchev–Trinajstić information content (AvgIpc) is 2.94. The van der Waals surface area contributed by atoms with E-state index in [1.807, 2.05) is 66.8 Å². The van der Waals surface area contributed by atoms with E-state index in [1.54, 1.807) is 28.4 Å². The fraction of sp³-hybridized carbons (Fsp3) is 0.310. The molecule has 0 fully saturated rings. The average molecular weight is 569 g/mol.